The van der Waals surface area contributed by atoms with Gasteiger partial charge in [-0.3, -0.25) is 0 Å². The van der Waals surface area contributed by atoms with Gasteiger partial charge in [-0.15, -0.1) is 0 Å². The van der Waals surface area contributed by atoms with E-state index < -0.39 is 28.9 Å². The van der Waals surface area contributed by atoms with E-state index in [1.807, 2.05) is 18.2 Å². The Kier molecular flexibility index (Phi) is 4.16. The van der Waals surface area contributed by atoms with E-state index in [9.17, 15) is 24.6 Å². The second kappa shape index (κ2) is 6.31. The number of halogens is 2. The fourth-order valence-electron chi connectivity index (χ4n) is 3.52. The van der Waals surface area contributed by atoms with Gasteiger partial charge in [-0.1, -0.05) is 24.3 Å². The van der Waals surface area contributed by atoms with E-state index in [0.717, 1.165) is 0 Å². The normalized spacial score (nSPS) is 20.9. The van der Waals surface area contributed by atoms with Crippen LogP contribution in [0.5, 0.6) is 0 Å². The minimum atomic E-state index is -1.78. The van der Waals surface area contributed by atoms with Crippen LogP contribution in [0.25, 0.3) is 0 Å². The summed E-state index contributed by atoms with van der Waals surface area (Å²) in [6, 6.07) is 16.7. The van der Waals surface area contributed by atoms with E-state index >= 15 is 0 Å². The molecule has 2 atom stereocenters. The van der Waals surface area contributed by atoms with Crippen LogP contribution >= 0.6 is 0 Å². The van der Waals surface area contributed by atoms with E-state index in [1.54, 1.807) is 0 Å². The highest BCUT2D eigenvalue weighted by atomic mass is 19.1. The van der Waals surface area contributed by atoms with Gasteiger partial charge in [0.05, 0.1) is 29.5 Å². The lowest BCUT2D eigenvalue weighted by molar-refractivity contribution is 0.474. The molecule has 0 fully saturated rings. The summed E-state index contributed by atoms with van der Waals surface area (Å²) in [6.45, 7) is 0. The van der Waals surface area contributed by atoms with Crippen LogP contribution in [0.2, 0.25) is 0 Å². The van der Waals surface area contributed by atoms with Crippen molar-refractivity contribution in [1.82, 2.24) is 0 Å². The average molecular weight is 346 g/mol. The summed E-state index contributed by atoms with van der Waals surface area (Å²) in [6.07, 6.45) is 0. The fourth-order valence-corrected chi connectivity index (χ4v) is 3.52. The first kappa shape index (κ1) is 17.1. The highest BCUT2D eigenvalue weighted by Crippen LogP contribution is 2.57. The molecule has 0 heterocycles. The molecular weight excluding hydrogens is 334 g/mol. The van der Waals surface area contributed by atoms with Crippen LogP contribution in [0.15, 0.2) is 59.8 Å². The summed E-state index contributed by atoms with van der Waals surface area (Å²) in [5.74, 6) is -2.46. The number of hydrogen-bond acceptors (Lipinski definition) is 4. The van der Waals surface area contributed by atoms with Crippen LogP contribution in [-0.4, -0.2) is 0 Å². The molecular formula is C20H12F2N4. The highest BCUT2D eigenvalue weighted by molar-refractivity contribution is 5.58. The van der Waals surface area contributed by atoms with Gasteiger partial charge in [-0.2, -0.15) is 15.8 Å². The van der Waals surface area contributed by atoms with Crippen molar-refractivity contribution in [2.24, 2.45) is 11.1 Å². The summed E-state index contributed by atoms with van der Waals surface area (Å²) in [5, 5.41) is 29.1. The number of benzene rings is 2. The zero-order valence-electron chi connectivity index (χ0n) is 13.4. The largest absolute Gasteiger partial charge is 0.399 e. The topological polar surface area (TPSA) is 97.4 Å². The van der Waals surface area contributed by atoms with Gasteiger partial charge in [-0.05, 0) is 35.4 Å². The monoisotopic (exact) mass is 346 g/mol. The van der Waals surface area contributed by atoms with Crippen molar-refractivity contribution >= 4 is 0 Å². The lowest BCUT2D eigenvalue weighted by atomic mass is 9.70. The number of hydrogen-bond donors (Lipinski definition) is 1. The molecule has 2 aromatic carbocycles. The Bertz CT molecular complexity index is 988. The molecule has 1 aliphatic carbocycles. The lowest BCUT2D eigenvalue weighted by Crippen LogP contribution is -2.29. The van der Waals surface area contributed by atoms with Gasteiger partial charge in [-0.25, -0.2) is 8.78 Å². The van der Waals surface area contributed by atoms with Crippen molar-refractivity contribution in [3.63, 3.8) is 0 Å². The first-order valence-electron chi connectivity index (χ1n) is 7.72. The van der Waals surface area contributed by atoms with Crippen molar-refractivity contribution in [1.29, 1.82) is 15.8 Å². The van der Waals surface area contributed by atoms with E-state index in [4.69, 9.17) is 5.73 Å². The van der Waals surface area contributed by atoms with Crippen molar-refractivity contribution in [2.45, 2.75) is 11.8 Å². The molecule has 0 spiro atoms. The maximum Gasteiger partial charge on any atom is 0.191 e. The number of allylic oxidation sites excluding steroid dienone is 2. The van der Waals surface area contributed by atoms with Gasteiger partial charge in [0.2, 0.25) is 0 Å². The second-order valence-corrected chi connectivity index (χ2v) is 6.03. The summed E-state index contributed by atoms with van der Waals surface area (Å²) in [7, 11) is 0. The average Bonchev–Trinajstić information content (AvgIpc) is 2.91. The minimum Gasteiger partial charge on any atom is -0.399 e. The van der Waals surface area contributed by atoms with Gasteiger partial charge in [0, 0.05) is 11.8 Å². The molecule has 0 saturated carbocycles. The summed E-state index contributed by atoms with van der Waals surface area (Å²) in [4.78, 5) is 0. The van der Waals surface area contributed by atoms with Crippen molar-refractivity contribution in [2.75, 3.05) is 0 Å². The maximum atomic E-state index is 13.4. The Labute approximate surface area is 149 Å². The molecule has 0 saturated heterocycles. The Balaban J connectivity index is 2.29. The van der Waals surface area contributed by atoms with Crippen LogP contribution in [0.4, 0.5) is 8.78 Å². The Morgan fingerprint density at radius 1 is 0.808 bits per heavy atom. The summed E-state index contributed by atoms with van der Waals surface area (Å²) < 4.78 is 26.7. The van der Waals surface area contributed by atoms with Gasteiger partial charge in [0.1, 0.15) is 11.6 Å². The third-order valence-corrected chi connectivity index (χ3v) is 4.76. The number of rotatable bonds is 2. The maximum absolute atomic E-state index is 13.4. The van der Waals surface area contributed by atoms with Gasteiger partial charge >= 0.3 is 0 Å². The molecule has 0 bridgehead atoms. The van der Waals surface area contributed by atoms with Gasteiger partial charge in [0.15, 0.2) is 5.41 Å². The molecule has 6 heteroatoms. The first-order chi connectivity index (χ1) is 12.5. The molecule has 4 nitrogen and oxygen atoms in total. The quantitative estimate of drug-likeness (QED) is 0.898. The Morgan fingerprint density at radius 2 is 1.27 bits per heavy atom. The van der Waals surface area contributed by atoms with Crippen LogP contribution in [0.1, 0.15) is 23.0 Å². The molecule has 0 unspecified atom stereocenters. The van der Waals surface area contributed by atoms with Crippen molar-refractivity contribution in [3.05, 3.63) is 82.6 Å². The minimum absolute atomic E-state index is 0.0917. The summed E-state index contributed by atoms with van der Waals surface area (Å²) in [5.41, 5.74) is 5.31. The van der Waals surface area contributed by atoms with Crippen LogP contribution < -0.4 is 5.73 Å². The molecule has 0 amide bonds. The lowest BCUT2D eigenvalue weighted by Gasteiger charge is -2.28. The number of nitrogens with zero attached hydrogens (tertiary/aromatic N) is 3. The van der Waals surface area contributed by atoms with Crippen LogP contribution in [-0.2, 0) is 0 Å². The van der Waals surface area contributed by atoms with E-state index in [-0.39, 0.29) is 11.3 Å². The molecule has 1 aliphatic rings. The zero-order chi connectivity index (χ0) is 18.9. The molecule has 0 aliphatic heterocycles. The molecule has 26 heavy (non-hydrogen) atoms. The van der Waals surface area contributed by atoms with Gasteiger partial charge in [0.25, 0.3) is 0 Å². The zero-order valence-corrected chi connectivity index (χ0v) is 13.4. The van der Waals surface area contributed by atoms with Crippen molar-refractivity contribution < 1.29 is 8.78 Å². The standard InChI is InChI=1S/C20H12F2N4/c21-14-5-1-12(2-6-14)17-16(9-23)19(26)20(10-24,11-25)18(17)13-3-7-15(22)8-4-13/h1-8,17-18H,26H2/t17-,18+/m1/s1. The van der Waals surface area contributed by atoms with E-state index in [2.05, 4.69) is 0 Å². The van der Waals surface area contributed by atoms with Crippen LogP contribution in [0, 0.1) is 51.0 Å². The third kappa shape index (κ3) is 2.39. The predicted octanol–water partition coefficient (Wildman–Crippen LogP) is 3.62. The molecule has 2 N–H and O–H groups in total. The Hall–Kier alpha value is -3.69. The molecule has 0 radical (unpaired) electrons. The molecule has 126 valence electrons. The highest BCUT2D eigenvalue weighted by Gasteiger charge is 2.55. The smallest absolute Gasteiger partial charge is 0.191 e. The Morgan fingerprint density at radius 3 is 1.69 bits per heavy atom. The molecule has 2 aromatic rings. The molecule has 3 rings (SSSR count). The van der Waals surface area contributed by atoms with E-state index in [0.29, 0.717) is 11.1 Å². The number of nitrogens with two attached hydrogens (primary N) is 1. The third-order valence-electron chi connectivity index (χ3n) is 4.76. The van der Waals surface area contributed by atoms with Crippen LogP contribution in [0.3, 0.4) is 0 Å². The molecule has 0 aromatic heterocycles. The van der Waals surface area contributed by atoms with Gasteiger partial charge < -0.3 is 5.73 Å². The fraction of sp³-hybridized carbons (Fsp3) is 0.150. The van der Waals surface area contributed by atoms with E-state index in [1.165, 1.54) is 48.5 Å². The SMILES string of the molecule is N#CC1=C(N)C(C#N)(C#N)[C@@H](c2ccc(F)cc2)[C@@H]1c1ccc(F)cc1. The second-order valence-electron chi connectivity index (χ2n) is 6.03. The summed E-state index contributed by atoms with van der Waals surface area (Å²) >= 11 is 0. The van der Waals surface area contributed by atoms with Crippen molar-refractivity contribution in [3.8, 4) is 18.2 Å². The number of nitriles is 3. The first-order valence-corrected chi connectivity index (χ1v) is 7.72. The predicted molar refractivity (Wildman–Crippen MR) is 88.8 cm³/mol.